The van der Waals surface area contributed by atoms with E-state index in [-0.39, 0.29) is 11.9 Å². The van der Waals surface area contributed by atoms with Crippen LogP contribution in [0.4, 0.5) is 9.18 Å². The average Bonchev–Trinajstić information content (AvgIpc) is 3.39. The standard InChI is InChI=1S/C23H26FN5O2S/c1-23(2,3)31-22(30)28-7-5-14(6-8-28)19-10-16-13-29(26-21(16)32-19)17-9-15-12-27(4)25-20(15)18(24)11-17/h9-14H,5-8H2,1-4H3. The van der Waals surface area contributed by atoms with E-state index in [1.807, 2.05) is 33.0 Å². The van der Waals surface area contributed by atoms with Crippen LogP contribution in [0.25, 0.3) is 26.8 Å². The van der Waals surface area contributed by atoms with Crippen LogP contribution in [0.3, 0.4) is 0 Å². The number of thiophene rings is 1. The lowest BCUT2D eigenvalue weighted by atomic mass is 9.95. The van der Waals surface area contributed by atoms with E-state index >= 15 is 0 Å². The van der Waals surface area contributed by atoms with E-state index in [1.165, 1.54) is 10.9 Å². The van der Waals surface area contributed by atoms with Gasteiger partial charge in [-0.05, 0) is 51.7 Å². The molecule has 1 amide bonds. The Balaban J connectivity index is 1.31. The molecule has 1 saturated heterocycles. The Kier molecular flexibility index (Phi) is 4.96. The summed E-state index contributed by atoms with van der Waals surface area (Å²) in [6.45, 7) is 7.05. The quantitative estimate of drug-likeness (QED) is 0.415. The molecular weight excluding hydrogens is 429 g/mol. The van der Waals surface area contributed by atoms with E-state index in [0.29, 0.717) is 30.2 Å². The van der Waals surface area contributed by atoms with Crippen LogP contribution in [0.5, 0.6) is 0 Å². The normalized spacial score (nSPS) is 15.7. The molecular formula is C23H26FN5O2S. The summed E-state index contributed by atoms with van der Waals surface area (Å²) in [5, 5.41) is 10.6. The van der Waals surface area contributed by atoms with Crippen LogP contribution in [-0.4, -0.2) is 49.2 Å². The van der Waals surface area contributed by atoms with Crippen LogP contribution < -0.4 is 0 Å². The molecule has 168 valence electrons. The number of halogens is 1. The number of nitrogens with zero attached hydrogens (tertiary/aromatic N) is 5. The minimum absolute atomic E-state index is 0.235. The first kappa shape index (κ1) is 20.9. The second-order valence-corrected chi connectivity index (χ2v) is 10.5. The van der Waals surface area contributed by atoms with Gasteiger partial charge in [0.25, 0.3) is 0 Å². The largest absolute Gasteiger partial charge is 0.444 e. The lowest BCUT2D eigenvalue weighted by Crippen LogP contribution is -2.41. The van der Waals surface area contributed by atoms with E-state index in [4.69, 9.17) is 9.84 Å². The fraction of sp³-hybridized carbons (Fsp3) is 0.435. The van der Waals surface area contributed by atoms with Crippen LogP contribution in [0.2, 0.25) is 0 Å². The molecule has 5 rings (SSSR count). The second-order valence-electron chi connectivity index (χ2n) is 9.39. The summed E-state index contributed by atoms with van der Waals surface area (Å²) in [4.78, 5) is 16.3. The Bertz CT molecular complexity index is 1280. The summed E-state index contributed by atoms with van der Waals surface area (Å²) in [5.41, 5.74) is 0.569. The summed E-state index contributed by atoms with van der Waals surface area (Å²) in [7, 11) is 1.78. The van der Waals surface area contributed by atoms with Crippen LogP contribution in [0.1, 0.15) is 44.4 Å². The van der Waals surface area contributed by atoms with Gasteiger partial charge in [-0.25, -0.2) is 13.9 Å². The molecule has 7 nitrogen and oxygen atoms in total. The van der Waals surface area contributed by atoms with Gasteiger partial charge in [0.05, 0.1) is 5.69 Å². The number of fused-ring (bicyclic) bond motifs is 2. The van der Waals surface area contributed by atoms with Crippen molar-refractivity contribution in [2.75, 3.05) is 13.1 Å². The number of piperidine rings is 1. The fourth-order valence-corrected chi connectivity index (χ4v) is 5.35. The molecule has 0 saturated carbocycles. The summed E-state index contributed by atoms with van der Waals surface area (Å²) >= 11 is 1.67. The number of aryl methyl sites for hydroxylation is 1. The summed E-state index contributed by atoms with van der Waals surface area (Å²) in [5.74, 6) is 0.0555. The van der Waals surface area contributed by atoms with E-state index in [1.54, 1.807) is 38.8 Å². The number of aromatic nitrogens is 4. The molecule has 0 bridgehead atoms. The van der Waals surface area contributed by atoms with Crippen LogP contribution >= 0.6 is 11.3 Å². The first-order valence-electron chi connectivity index (χ1n) is 10.8. The van der Waals surface area contributed by atoms with E-state index < -0.39 is 5.60 Å². The molecule has 1 fully saturated rings. The molecule has 1 aliphatic heterocycles. The maximum atomic E-state index is 14.5. The molecule has 1 aliphatic rings. The third-order valence-corrected chi connectivity index (χ3v) is 6.89. The number of carbonyl (C=O) groups excluding carboxylic acids is 1. The first-order valence-corrected chi connectivity index (χ1v) is 11.6. The molecule has 0 atom stereocenters. The second kappa shape index (κ2) is 7.58. The van der Waals surface area contributed by atoms with Gasteiger partial charge in [-0.1, -0.05) is 0 Å². The zero-order chi connectivity index (χ0) is 22.6. The Morgan fingerprint density at radius 3 is 2.56 bits per heavy atom. The van der Waals surface area contributed by atoms with Gasteiger partial charge in [0.2, 0.25) is 0 Å². The van der Waals surface area contributed by atoms with Gasteiger partial charge in [-0.2, -0.15) is 10.2 Å². The van der Waals surface area contributed by atoms with Crippen molar-refractivity contribution in [2.45, 2.75) is 45.1 Å². The Labute approximate surface area is 189 Å². The van der Waals surface area contributed by atoms with Crippen LogP contribution in [-0.2, 0) is 11.8 Å². The molecule has 0 spiro atoms. The van der Waals surface area contributed by atoms with Gasteiger partial charge in [0.1, 0.15) is 15.9 Å². The molecule has 9 heteroatoms. The van der Waals surface area contributed by atoms with Crippen molar-refractivity contribution in [3.63, 3.8) is 0 Å². The predicted octanol–water partition coefficient (Wildman–Crippen LogP) is 5.23. The molecule has 1 aromatic carbocycles. The highest BCUT2D eigenvalue weighted by atomic mass is 32.1. The Morgan fingerprint density at radius 2 is 1.88 bits per heavy atom. The summed E-state index contributed by atoms with van der Waals surface area (Å²) < 4.78 is 23.3. The zero-order valence-corrected chi connectivity index (χ0v) is 19.4. The van der Waals surface area contributed by atoms with Crippen molar-refractivity contribution in [2.24, 2.45) is 7.05 Å². The molecule has 0 N–H and O–H groups in total. The molecule has 4 aromatic rings. The monoisotopic (exact) mass is 455 g/mol. The lowest BCUT2D eigenvalue weighted by Gasteiger charge is -2.33. The van der Waals surface area contributed by atoms with Crippen molar-refractivity contribution in [1.29, 1.82) is 0 Å². The van der Waals surface area contributed by atoms with E-state index in [2.05, 4.69) is 11.2 Å². The van der Waals surface area contributed by atoms with Crippen molar-refractivity contribution >= 4 is 38.5 Å². The number of hydrogen-bond acceptors (Lipinski definition) is 5. The van der Waals surface area contributed by atoms with Crippen molar-refractivity contribution in [3.8, 4) is 5.69 Å². The third kappa shape index (κ3) is 3.97. The van der Waals surface area contributed by atoms with Gasteiger partial charge in [-0.3, -0.25) is 4.68 Å². The SMILES string of the molecule is Cn1cc2cc(-n3cc4cc(C5CCN(C(=O)OC(C)(C)C)CC5)sc4n3)cc(F)c2n1. The Morgan fingerprint density at radius 1 is 1.12 bits per heavy atom. The van der Waals surface area contributed by atoms with E-state index in [0.717, 1.165) is 28.4 Å². The van der Waals surface area contributed by atoms with Crippen molar-refractivity contribution in [3.05, 3.63) is 41.3 Å². The van der Waals surface area contributed by atoms with Gasteiger partial charge >= 0.3 is 6.09 Å². The molecule has 4 heterocycles. The molecule has 3 aromatic heterocycles. The van der Waals surface area contributed by atoms with Gasteiger partial charge in [0.15, 0.2) is 5.82 Å². The third-order valence-electron chi connectivity index (χ3n) is 5.69. The van der Waals surface area contributed by atoms with Gasteiger partial charge < -0.3 is 9.64 Å². The smallest absolute Gasteiger partial charge is 0.410 e. The highest BCUT2D eigenvalue weighted by molar-refractivity contribution is 7.18. The summed E-state index contributed by atoms with van der Waals surface area (Å²) in [6, 6.07) is 5.55. The topological polar surface area (TPSA) is 65.2 Å². The van der Waals surface area contributed by atoms with Crippen molar-refractivity contribution < 1.29 is 13.9 Å². The number of hydrogen-bond donors (Lipinski definition) is 0. The first-order chi connectivity index (χ1) is 15.2. The number of carbonyl (C=O) groups is 1. The number of likely N-dealkylation sites (tertiary alicyclic amines) is 1. The highest BCUT2D eigenvalue weighted by Gasteiger charge is 2.28. The molecule has 0 aliphatic carbocycles. The molecule has 0 unspecified atom stereocenters. The number of ether oxygens (including phenoxy) is 1. The zero-order valence-electron chi connectivity index (χ0n) is 18.6. The number of amides is 1. The van der Waals surface area contributed by atoms with Crippen LogP contribution in [0, 0.1) is 5.82 Å². The summed E-state index contributed by atoms with van der Waals surface area (Å²) in [6.07, 6.45) is 5.33. The van der Waals surface area contributed by atoms with Crippen molar-refractivity contribution in [1.82, 2.24) is 24.5 Å². The van der Waals surface area contributed by atoms with Crippen LogP contribution in [0.15, 0.2) is 30.6 Å². The van der Waals surface area contributed by atoms with Gasteiger partial charge in [0, 0.05) is 54.2 Å². The average molecular weight is 456 g/mol. The molecule has 32 heavy (non-hydrogen) atoms. The predicted molar refractivity (Wildman–Crippen MR) is 123 cm³/mol. The number of benzene rings is 1. The fourth-order valence-electron chi connectivity index (χ4n) is 4.18. The molecule has 0 radical (unpaired) electrons. The maximum absolute atomic E-state index is 14.5. The highest BCUT2D eigenvalue weighted by Crippen LogP contribution is 2.36. The van der Waals surface area contributed by atoms with Gasteiger partial charge in [-0.15, -0.1) is 11.3 Å². The van der Waals surface area contributed by atoms with E-state index in [9.17, 15) is 9.18 Å². The Hall–Kier alpha value is -2.94. The minimum Gasteiger partial charge on any atom is -0.444 e. The number of rotatable bonds is 2. The maximum Gasteiger partial charge on any atom is 0.410 e. The minimum atomic E-state index is -0.476. The lowest BCUT2D eigenvalue weighted by molar-refractivity contribution is 0.0205.